The van der Waals surface area contributed by atoms with Gasteiger partial charge in [0.25, 0.3) is 0 Å². The van der Waals surface area contributed by atoms with Crippen LogP contribution >= 0.6 is 0 Å². The first kappa shape index (κ1) is 62.6. The predicted octanol–water partition coefficient (Wildman–Crippen LogP) is 18.9. The van der Waals surface area contributed by atoms with E-state index >= 15 is 0 Å². The average Bonchev–Trinajstić information content (AvgIpc) is 3.30. The SMILES string of the molecule is CCCCC/C=C\C=C/CCCCCCCCCCCCC(=O)OCC(COC(=O)CCCCCCCCCCCCCCCC)OC(=O)CCCCC/C=C\CCCCCCCCC. The zero-order valence-corrected chi connectivity index (χ0v) is 43.5. The maximum Gasteiger partial charge on any atom is 0.306 e. The second-order valence-electron chi connectivity index (χ2n) is 19.2. The molecule has 0 aliphatic carbocycles. The van der Waals surface area contributed by atoms with Gasteiger partial charge in [0, 0.05) is 19.3 Å². The molecule has 1 unspecified atom stereocenters. The summed E-state index contributed by atoms with van der Waals surface area (Å²) in [5, 5.41) is 0. The fourth-order valence-electron chi connectivity index (χ4n) is 8.31. The van der Waals surface area contributed by atoms with Crippen LogP contribution in [-0.2, 0) is 28.6 Å². The zero-order valence-electron chi connectivity index (χ0n) is 43.5. The van der Waals surface area contributed by atoms with Gasteiger partial charge >= 0.3 is 17.9 Å². The van der Waals surface area contributed by atoms with Crippen molar-refractivity contribution in [3.05, 3.63) is 36.5 Å². The number of hydrogen-bond donors (Lipinski definition) is 0. The van der Waals surface area contributed by atoms with Crippen molar-refractivity contribution in [1.82, 2.24) is 0 Å². The number of ether oxygens (including phenoxy) is 3. The summed E-state index contributed by atoms with van der Waals surface area (Å²) in [4.78, 5) is 38.1. The summed E-state index contributed by atoms with van der Waals surface area (Å²) in [7, 11) is 0. The third-order valence-electron chi connectivity index (χ3n) is 12.6. The van der Waals surface area contributed by atoms with Gasteiger partial charge in [-0.05, 0) is 70.6 Å². The molecule has 0 aromatic carbocycles. The second-order valence-corrected chi connectivity index (χ2v) is 19.2. The Morgan fingerprint density at radius 1 is 0.308 bits per heavy atom. The molecule has 6 nitrogen and oxygen atoms in total. The smallest absolute Gasteiger partial charge is 0.306 e. The molecule has 0 amide bonds. The summed E-state index contributed by atoms with van der Waals surface area (Å²) in [6.07, 6.45) is 64.1. The highest BCUT2D eigenvalue weighted by molar-refractivity contribution is 5.71. The first-order chi connectivity index (χ1) is 32.0. The van der Waals surface area contributed by atoms with Crippen LogP contribution in [0, 0.1) is 0 Å². The molecule has 0 spiro atoms. The Bertz CT molecular complexity index is 1090. The van der Waals surface area contributed by atoms with Gasteiger partial charge < -0.3 is 14.2 Å². The number of carbonyl (C=O) groups is 3. The highest BCUT2D eigenvalue weighted by atomic mass is 16.6. The van der Waals surface area contributed by atoms with E-state index in [2.05, 4.69) is 57.2 Å². The van der Waals surface area contributed by atoms with E-state index in [-0.39, 0.29) is 31.1 Å². The van der Waals surface area contributed by atoms with Crippen LogP contribution in [0.5, 0.6) is 0 Å². The molecule has 380 valence electrons. The molecule has 65 heavy (non-hydrogen) atoms. The van der Waals surface area contributed by atoms with Crippen molar-refractivity contribution in [1.29, 1.82) is 0 Å². The van der Waals surface area contributed by atoms with Crippen molar-refractivity contribution < 1.29 is 28.6 Å². The van der Waals surface area contributed by atoms with Crippen molar-refractivity contribution in [2.75, 3.05) is 13.2 Å². The largest absolute Gasteiger partial charge is 0.462 e. The highest BCUT2D eigenvalue weighted by Crippen LogP contribution is 2.16. The first-order valence-corrected chi connectivity index (χ1v) is 28.5. The molecule has 0 heterocycles. The summed E-state index contributed by atoms with van der Waals surface area (Å²) < 4.78 is 16.8. The van der Waals surface area contributed by atoms with Crippen molar-refractivity contribution in [3.63, 3.8) is 0 Å². The summed E-state index contributed by atoms with van der Waals surface area (Å²) >= 11 is 0. The molecule has 0 N–H and O–H groups in total. The second kappa shape index (κ2) is 54.2. The van der Waals surface area contributed by atoms with Gasteiger partial charge in [-0.25, -0.2) is 0 Å². The zero-order chi connectivity index (χ0) is 47.2. The minimum atomic E-state index is -0.778. The molecule has 0 rings (SSSR count). The van der Waals surface area contributed by atoms with Crippen LogP contribution in [0.2, 0.25) is 0 Å². The lowest BCUT2D eigenvalue weighted by molar-refractivity contribution is -0.167. The molecule has 0 radical (unpaired) electrons. The Hall–Kier alpha value is -2.37. The third-order valence-corrected chi connectivity index (χ3v) is 12.6. The maximum absolute atomic E-state index is 12.8. The molecule has 0 aromatic heterocycles. The van der Waals surface area contributed by atoms with E-state index in [0.29, 0.717) is 19.3 Å². The molecular weight excluding hydrogens is 805 g/mol. The van der Waals surface area contributed by atoms with Gasteiger partial charge in [0.1, 0.15) is 13.2 Å². The summed E-state index contributed by atoms with van der Waals surface area (Å²) in [6.45, 7) is 6.63. The van der Waals surface area contributed by atoms with Crippen LogP contribution in [0.25, 0.3) is 0 Å². The highest BCUT2D eigenvalue weighted by Gasteiger charge is 2.19. The van der Waals surface area contributed by atoms with Gasteiger partial charge in [-0.15, -0.1) is 0 Å². The van der Waals surface area contributed by atoms with Gasteiger partial charge in [0.15, 0.2) is 6.10 Å². The number of carbonyl (C=O) groups excluding carboxylic acids is 3. The molecule has 0 aromatic rings. The molecule has 0 aliphatic heterocycles. The van der Waals surface area contributed by atoms with Gasteiger partial charge in [-0.3, -0.25) is 14.4 Å². The predicted molar refractivity (Wildman–Crippen MR) is 279 cm³/mol. The van der Waals surface area contributed by atoms with Crippen LogP contribution in [0.3, 0.4) is 0 Å². The monoisotopic (exact) mass is 913 g/mol. The van der Waals surface area contributed by atoms with Crippen LogP contribution < -0.4 is 0 Å². The van der Waals surface area contributed by atoms with E-state index < -0.39 is 6.10 Å². The van der Waals surface area contributed by atoms with E-state index in [1.54, 1.807) is 0 Å². The van der Waals surface area contributed by atoms with Crippen molar-refractivity contribution in [2.24, 2.45) is 0 Å². The van der Waals surface area contributed by atoms with Crippen LogP contribution in [0.15, 0.2) is 36.5 Å². The maximum atomic E-state index is 12.8. The topological polar surface area (TPSA) is 78.9 Å². The third kappa shape index (κ3) is 52.5. The fraction of sp³-hybridized carbons (Fsp3) is 0.847. The number of hydrogen-bond acceptors (Lipinski definition) is 6. The van der Waals surface area contributed by atoms with E-state index in [1.165, 1.54) is 193 Å². The number of esters is 3. The quantitative estimate of drug-likeness (QED) is 0.0199. The molecule has 0 fully saturated rings. The van der Waals surface area contributed by atoms with Crippen molar-refractivity contribution in [3.8, 4) is 0 Å². The number of unbranched alkanes of at least 4 members (excludes halogenated alkanes) is 36. The number of allylic oxidation sites excluding steroid dienone is 6. The standard InChI is InChI=1S/C59H108O6/c1-4-7-10-13-16-19-22-25-28-29-30-31-32-35-37-40-43-46-49-52-58(61)64-55-56(65-59(62)53-50-47-44-41-38-34-27-24-21-18-15-12-9-6-3)54-63-57(60)51-48-45-42-39-36-33-26-23-20-17-14-11-8-5-2/h16,19,22,25,34,38,56H,4-15,17-18,20-21,23-24,26-33,35-37,39-55H2,1-3H3/b19-16-,25-22-,38-34-. The Labute approximate surface area is 404 Å². The van der Waals surface area contributed by atoms with Crippen molar-refractivity contribution in [2.45, 2.75) is 309 Å². The molecule has 0 bridgehead atoms. The van der Waals surface area contributed by atoms with Crippen LogP contribution in [-0.4, -0.2) is 37.2 Å². The molecule has 0 aliphatic rings. The van der Waals surface area contributed by atoms with Gasteiger partial charge in [0.2, 0.25) is 0 Å². The van der Waals surface area contributed by atoms with E-state index in [9.17, 15) is 14.4 Å². The lowest BCUT2D eigenvalue weighted by Gasteiger charge is -2.18. The molecule has 6 heteroatoms. The molecule has 0 saturated carbocycles. The van der Waals surface area contributed by atoms with Gasteiger partial charge in [0.05, 0.1) is 0 Å². The van der Waals surface area contributed by atoms with Crippen LogP contribution in [0.1, 0.15) is 303 Å². The lowest BCUT2D eigenvalue weighted by atomic mass is 10.0. The average molecular weight is 914 g/mol. The van der Waals surface area contributed by atoms with Crippen molar-refractivity contribution >= 4 is 17.9 Å². The van der Waals surface area contributed by atoms with Crippen LogP contribution in [0.4, 0.5) is 0 Å². The van der Waals surface area contributed by atoms with E-state index in [0.717, 1.165) is 70.6 Å². The Morgan fingerprint density at radius 3 is 0.908 bits per heavy atom. The Kier molecular flexibility index (Phi) is 52.3. The molecular formula is C59H108O6. The van der Waals surface area contributed by atoms with E-state index in [4.69, 9.17) is 14.2 Å². The van der Waals surface area contributed by atoms with E-state index in [1.807, 2.05) is 0 Å². The van der Waals surface area contributed by atoms with Gasteiger partial charge in [-0.1, -0.05) is 250 Å². The molecule has 0 saturated heterocycles. The molecule has 1 atom stereocenters. The normalized spacial score (nSPS) is 12.2. The summed E-state index contributed by atoms with van der Waals surface area (Å²) in [6, 6.07) is 0. The lowest BCUT2D eigenvalue weighted by Crippen LogP contribution is -2.30. The Morgan fingerprint density at radius 2 is 0.554 bits per heavy atom. The number of rotatable bonds is 52. The summed E-state index contributed by atoms with van der Waals surface area (Å²) in [5.74, 6) is -0.879. The Balaban J connectivity index is 4.34. The minimum absolute atomic E-state index is 0.0755. The fourth-order valence-corrected chi connectivity index (χ4v) is 8.31. The van der Waals surface area contributed by atoms with Gasteiger partial charge in [-0.2, -0.15) is 0 Å². The summed E-state index contributed by atoms with van der Waals surface area (Å²) in [5.41, 5.74) is 0. The minimum Gasteiger partial charge on any atom is -0.462 e. The first-order valence-electron chi connectivity index (χ1n) is 28.5.